The number of pyridine rings is 1. The molecule has 114 valence electrons. The van der Waals surface area contributed by atoms with Crippen LogP contribution in [-0.2, 0) is 19.4 Å². The number of rotatable bonds is 7. The zero-order chi connectivity index (χ0) is 15.2. The third-order valence-electron chi connectivity index (χ3n) is 3.82. The summed E-state index contributed by atoms with van der Waals surface area (Å²) < 4.78 is 2.11. The van der Waals surface area contributed by atoms with Crippen molar-refractivity contribution in [1.82, 2.24) is 20.1 Å². The molecular weight excluding hydrogens is 260 g/mol. The van der Waals surface area contributed by atoms with Crippen LogP contribution in [0.2, 0.25) is 0 Å². The maximum atomic E-state index is 4.64. The van der Waals surface area contributed by atoms with Crippen LogP contribution in [0.4, 0.5) is 0 Å². The number of hydrogen-bond acceptors (Lipinski definition) is 3. The minimum absolute atomic E-state index is 0.239. The molecular formula is C17H26N4. The van der Waals surface area contributed by atoms with E-state index in [4.69, 9.17) is 0 Å². The van der Waals surface area contributed by atoms with Gasteiger partial charge in [-0.2, -0.15) is 5.10 Å². The average Bonchev–Trinajstić information content (AvgIpc) is 2.89. The highest BCUT2D eigenvalue weighted by Crippen LogP contribution is 2.20. The molecule has 0 spiro atoms. The van der Waals surface area contributed by atoms with E-state index in [0.29, 0.717) is 0 Å². The monoisotopic (exact) mass is 286 g/mol. The topological polar surface area (TPSA) is 42.7 Å². The Morgan fingerprint density at radius 1 is 1.29 bits per heavy atom. The van der Waals surface area contributed by atoms with E-state index in [0.717, 1.165) is 31.6 Å². The van der Waals surface area contributed by atoms with Crippen LogP contribution in [0.1, 0.15) is 49.5 Å². The molecule has 21 heavy (non-hydrogen) atoms. The third-order valence-corrected chi connectivity index (χ3v) is 3.82. The Hall–Kier alpha value is -1.68. The maximum absolute atomic E-state index is 4.64. The van der Waals surface area contributed by atoms with Crippen molar-refractivity contribution in [3.05, 3.63) is 47.0 Å². The summed E-state index contributed by atoms with van der Waals surface area (Å²) in [7, 11) is 0. The number of nitrogens with zero attached hydrogens (tertiary/aromatic N) is 3. The van der Waals surface area contributed by atoms with Gasteiger partial charge in [0.2, 0.25) is 0 Å². The van der Waals surface area contributed by atoms with Gasteiger partial charge < -0.3 is 5.32 Å². The van der Waals surface area contributed by atoms with E-state index >= 15 is 0 Å². The highest BCUT2D eigenvalue weighted by Gasteiger charge is 2.17. The zero-order valence-corrected chi connectivity index (χ0v) is 13.6. The van der Waals surface area contributed by atoms with E-state index < -0.39 is 0 Å². The summed E-state index contributed by atoms with van der Waals surface area (Å²) in [5.74, 6) is 0. The van der Waals surface area contributed by atoms with E-state index in [1.807, 2.05) is 12.3 Å². The van der Waals surface area contributed by atoms with Gasteiger partial charge in [-0.3, -0.25) is 9.67 Å². The maximum Gasteiger partial charge on any atom is 0.0624 e. The molecule has 2 rings (SSSR count). The summed E-state index contributed by atoms with van der Waals surface area (Å²) in [4.78, 5) is 4.58. The Bertz CT molecular complexity index is 574. The minimum atomic E-state index is 0.239. The highest BCUT2D eigenvalue weighted by atomic mass is 15.3. The lowest BCUT2D eigenvalue weighted by Gasteiger charge is -2.19. The second-order valence-corrected chi connectivity index (χ2v) is 5.32. The Balaban J connectivity index is 2.28. The lowest BCUT2D eigenvalue weighted by atomic mass is 10.0. The molecule has 2 heterocycles. The van der Waals surface area contributed by atoms with Crippen LogP contribution in [0.3, 0.4) is 0 Å². The molecule has 0 aliphatic rings. The molecule has 0 aliphatic carbocycles. The average molecular weight is 286 g/mol. The smallest absolute Gasteiger partial charge is 0.0624 e. The van der Waals surface area contributed by atoms with E-state index in [2.05, 4.69) is 59.9 Å². The number of hydrogen-bond donors (Lipinski definition) is 1. The highest BCUT2D eigenvalue weighted by molar-refractivity contribution is 5.23. The molecule has 0 radical (unpaired) electrons. The van der Waals surface area contributed by atoms with Crippen LogP contribution in [0, 0.1) is 6.92 Å². The van der Waals surface area contributed by atoms with Crippen molar-refractivity contribution in [3.63, 3.8) is 0 Å². The van der Waals surface area contributed by atoms with Crippen LogP contribution in [0.15, 0.2) is 24.4 Å². The van der Waals surface area contributed by atoms with Crippen molar-refractivity contribution in [2.45, 2.75) is 53.1 Å². The normalized spacial score (nSPS) is 12.6. The Kier molecular flexibility index (Phi) is 5.51. The fraction of sp³-hybridized carbons (Fsp3) is 0.529. The minimum Gasteiger partial charge on any atom is -0.309 e. The van der Waals surface area contributed by atoms with Gasteiger partial charge >= 0.3 is 0 Å². The first-order valence-corrected chi connectivity index (χ1v) is 7.90. The first-order chi connectivity index (χ1) is 10.2. The number of likely N-dealkylation sites (N-methyl/N-ethyl adjacent to an activating group) is 1. The quantitative estimate of drug-likeness (QED) is 0.850. The van der Waals surface area contributed by atoms with Crippen molar-refractivity contribution in [2.75, 3.05) is 6.54 Å². The van der Waals surface area contributed by atoms with Crippen LogP contribution < -0.4 is 5.32 Å². The Morgan fingerprint density at radius 3 is 2.71 bits per heavy atom. The molecule has 2 aromatic rings. The van der Waals surface area contributed by atoms with Gasteiger partial charge in [0.05, 0.1) is 17.4 Å². The molecule has 0 aliphatic heterocycles. The van der Waals surface area contributed by atoms with Gasteiger partial charge in [0.1, 0.15) is 0 Å². The molecule has 0 fully saturated rings. The summed E-state index contributed by atoms with van der Waals surface area (Å²) in [5.41, 5.74) is 4.83. The summed E-state index contributed by atoms with van der Waals surface area (Å²) in [6, 6.07) is 6.59. The molecule has 1 unspecified atom stereocenters. The van der Waals surface area contributed by atoms with Crippen molar-refractivity contribution in [3.8, 4) is 0 Å². The molecule has 0 saturated heterocycles. The standard InChI is InChI=1S/C17H26N4/c1-5-14-11-15(21(7-3)20-14)12-16(18-6-2)17-13(4)9-8-10-19-17/h8-11,16,18H,5-7,12H2,1-4H3. The van der Waals surface area contributed by atoms with E-state index in [1.54, 1.807) is 0 Å². The van der Waals surface area contributed by atoms with E-state index in [-0.39, 0.29) is 6.04 Å². The number of nitrogens with one attached hydrogen (secondary N) is 1. The van der Waals surface area contributed by atoms with Crippen molar-refractivity contribution in [1.29, 1.82) is 0 Å². The summed E-state index contributed by atoms with van der Waals surface area (Å²) in [6.45, 7) is 10.4. The summed E-state index contributed by atoms with van der Waals surface area (Å²) >= 11 is 0. The SMILES string of the molecule is CCNC(Cc1cc(CC)nn1CC)c1ncccc1C. The number of aryl methyl sites for hydroxylation is 3. The Morgan fingerprint density at radius 2 is 2.10 bits per heavy atom. The van der Waals surface area contributed by atoms with Gasteiger partial charge in [0.15, 0.2) is 0 Å². The van der Waals surface area contributed by atoms with Gasteiger partial charge in [-0.25, -0.2) is 0 Å². The fourth-order valence-corrected chi connectivity index (χ4v) is 2.71. The van der Waals surface area contributed by atoms with Gasteiger partial charge in [-0.05, 0) is 44.5 Å². The van der Waals surface area contributed by atoms with E-state index in [9.17, 15) is 0 Å². The first kappa shape index (κ1) is 15.7. The third kappa shape index (κ3) is 3.70. The molecule has 0 bridgehead atoms. The van der Waals surface area contributed by atoms with Gasteiger partial charge in [0, 0.05) is 24.9 Å². The second kappa shape index (κ2) is 7.36. The molecule has 0 amide bonds. The predicted octanol–water partition coefficient (Wildman–Crippen LogP) is 3.06. The van der Waals surface area contributed by atoms with Gasteiger partial charge in [-0.15, -0.1) is 0 Å². The molecule has 2 aromatic heterocycles. The fourth-order valence-electron chi connectivity index (χ4n) is 2.71. The van der Waals surface area contributed by atoms with Gasteiger partial charge in [0.25, 0.3) is 0 Å². The van der Waals surface area contributed by atoms with Crippen LogP contribution >= 0.6 is 0 Å². The van der Waals surface area contributed by atoms with Crippen LogP contribution in [-0.4, -0.2) is 21.3 Å². The molecule has 4 heteroatoms. The van der Waals surface area contributed by atoms with Gasteiger partial charge in [-0.1, -0.05) is 19.9 Å². The van der Waals surface area contributed by atoms with Crippen LogP contribution in [0.25, 0.3) is 0 Å². The molecule has 0 aromatic carbocycles. The second-order valence-electron chi connectivity index (χ2n) is 5.32. The van der Waals surface area contributed by atoms with E-state index in [1.165, 1.54) is 17.0 Å². The summed E-state index contributed by atoms with van der Waals surface area (Å²) in [6.07, 6.45) is 3.78. The summed E-state index contributed by atoms with van der Waals surface area (Å²) in [5, 5.41) is 8.21. The van der Waals surface area contributed by atoms with Crippen molar-refractivity contribution in [2.24, 2.45) is 0 Å². The van der Waals surface area contributed by atoms with Crippen molar-refractivity contribution < 1.29 is 0 Å². The molecule has 1 N–H and O–H groups in total. The lowest BCUT2D eigenvalue weighted by molar-refractivity contribution is 0.504. The molecule has 1 atom stereocenters. The van der Waals surface area contributed by atoms with Crippen LogP contribution in [0.5, 0.6) is 0 Å². The Labute approximate surface area is 127 Å². The molecule has 4 nitrogen and oxygen atoms in total. The molecule has 0 saturated carbocycles. The van der Waals surface area contributed by atoms with Crippen molar-refractivity contribution >= 4 is 0 Å². The lowest BCUT2D eigenvalue weighted by Crippen LogP contribution is -2.25. The first-order valence-electron chi connectivity index (χ1n) is 7.90. The zero-order valence-electron chi connectivity index (χ0n) is 13.6. The number of aromatic nitrogens is 3. The largest absolute Gasteiger partial charge is 0.309 e. The predicted molar refractivity (Wildman–Crippen MR) is 86.4 cm³/mol.